The minimum Gasteiger partial charge on any atom is -0.494 e. The fraction of sp³-hybridized carbons (Fsp3) is 0.375. The summed E-state index contributed by atoms with van der Waals surface area (Å²) in [7, 11) is 1.46. The van der Waals surface area contributed by atoms with Gasteiger partial charge in [-0.05, 0) is 48.5 Å². The van der Waals surface area contributed by atoms with Crippen LogP contribution in [0.1, 0.15) is 35.4 Å². The quantitative estimate of drug-likeness (QED) is 0.810. The molecule has 1 atom stereocenters. The summed E-state index contributed by atoms with van der Waals surface area (Å²) >= 11 is 7.98. The number of aryl methyl sites for hydroxylation is 1. The Morgan fingerprint density at radius 1 is 1.43 bits per heavy atom. The summed E-state index contributed by atoms with van der Waals surface area (Å²) in [6.07, 6.45) is 0.997. The minimum atomic E-state index is -0.359. The van der Waals surface area contributed by atoms with Gasteiger partial charge < -0.3 is 10.1 Å². The van der Waals surface area contributed by atoms with Gasteiger partial charge in [-0.15, -0.1) is 11.3 Å². The van der Waals surface area contributed by atoms with Crippen molar-refractivity contribution in [2.24, 2.45) is 0 Å². The van der Waals surface area contributed by atoms with Gasteiger partial charge in [-0.2, -0.15) is 0 Å². The fourth-order valence-electron chi connectivity index (χ4n) is 2.16. The molecule has 0 fully saturated rings. The highest BCUT2D eigenvalue weighted by Crippen LogP contribution is 2.36. The molecule has 0 amide bonds. The molecule has 1 N–H and O–H groups in total. The maximum Gasteiger partial charge on any atom is 0.165 e. The lowest BCUT2D eigenvalue weighted by atomic mass is 10.0. The monoisotopic (exact) mass is 327 g/mol. The van der Waals surface area contributed by atoms with Crippen LogP contribution in [0.2, 0.25) is 5.02 Å². The molecule has 2 rings (SSSR count). The number of halogens is 2. The molecular formula is C16H19ClFNOS. The zero-order valence-electron chi connectivity index (χ0n) is 12.4. The summed E-state index contributed by atoms with van der Waals surface area (Å²) in [4.78, 5) is 1.02. The molecule has 5 heteroatoms. The lowest BCUT2D eigenvalue weighted by molar-refractivity contribution is 0.385. The van der Waals surface area contributed by atoms with Crippen LogP contribution in [-0.4, -0.2) is 13.7 Å². The number of rotatable bonds is 6. The van der Waals surface area contributed by atoms with Crippen molar-refractivity contribution in [1.82, 2.24) is 5.32 Å². The van der Waals surface area contributed by atoms with E-state index >= 15 is 0 Å². The zero-order valence-corrected chi connectivity index (χ0v) is 13.9. The first-order valence-corrected chi connectivity index (χ1v) is 8.14. The van der Waals surface area contributed by atoms with Gasteiger partial charge in [0.05, 0.1) is 18.2 Å². The van der Waals surface area contributed by atoms with Crippen molar-refractivity contribution in [2.75, 3.05) is 13.7 Å². The number of nitrogens with one attached hydrogen (secondary N) is 1. The second-order valence-corrected chi connectivity index (χ2v) is 6.17. The smallest absolute Gasteiger partial charge is 0.165 e. The average molecular weight is 328 g/mol. The molecule has 0 radical (unpaired) electrons. The Bertz CT molecular complexity index is 614. The number of hydrogen-bond donors (Lipinski definition) is 1. The summed E-state index contributed by atoms with van der Waals surface area (Å²) in [6, 6.07) is 4.94. The van der Waals surface area contributed by atoms with Crippen LogP contribution in [0.25, 0.3) is 0 Å². The summed E-state index contributed by atoms with van der Waals surface area (Å²) in [5.74, 6) is -0.107. The van der Waals surface area contributed by atoms with Gasteiger partial charge in [-0.1, -0.05) is 24.6 Å². The Morgan fingerprint density at radius 3 is 2.71 bits per heavy atom. The van der Waals surface area contributed by atoms with Gasteiger partial charge >= 0.3 is 0 Å². The minimum absolute atomic E-state index is 0.100. The molecule has 1 heterocycles. The molecule has 0 bridgehead atoms. The highest BCUT2D eigenvalue weighted by atomic mass is 35.5. The van der Waals surface area contributed by atoms with Crippen LogP contribution < -0.4 is 10.1 Å². The molecule has 1 unspecified atom stereocenters. The largest absolute Gasteiger partial charge is 0.494 e. The van der Waals surface area contributed by atoms with Gasteiger partial charge in [0.1, 0.15) is 0 Å². The van der Waals surface area contributed by atoms with Crippen molar-refractivity contribution in [3.63, 3.8) is 0 Å². The summed E-state index contributed by atoms with van der Waals surface area (Å²) in [5, 5.41) is 6.22. The van der Waals surface area contributed by atoms with Gasteiger partial charge in [0.2, 0.25) is 0 Å². The SMILES string of the molecule is CCCNC(c1ccc(OC)c(F)c1)c1scc(C)c1Cl. The summed E-state index contributed by atoms with van der Waals surface area (Å²) in [5.41, 5.74) is 1.90. The lowest BCUT2D eigenvalue weighted by Gasteiger charge is -2.19. The van der Waals surface area contributed by atoms with Gasteiger partial charge in [-0.25, -0.2) is 4.39 Å². The second-order valence-electron chi connectivity index (χ2n) is 4.88. The van der Waals surface area contributed by atoms with E-state index in [0.717, 1.165) is 34.0 Å². The fourth-order valence-corrected chi connectivity index (χ4v) is 3.56. The molecule has 2 nitrogen and oxygen atoms in total. The van der Waals surface area contributed by atoms with E-state index in [1.54, 1.807) is 17.4 Å². The first-order valence-electron chi connectivity index (χ1n) is 6.88. The van der Waals surface area contributed by atoms with Gasteiger partial charge in [0.15, 0.2) is 11.6 Å². The van der Waals surface area contributed by atoms with Crippen LogP contribution in [0.15, 0.2) is 23.6 Å². The van der Waals surface area contributed by atoms with E-state index in [-0.39, 0.29) is 17.6 Å². The molecule has 0 saturated heterocycles. The van der Waals surface area contributed by atoms with Crippen molar-refractivity contribution in [3.05, 3.63) is 50.4 Å². The van der Waals surface area contributed by atoms with Gasteiger partial charge in [0.25, 0.3) is 0 Å². The molecule has 0 aliphatic heterocycles. The van der Waals surface area contributed by atoms with Crippen LogP contribution in [0.4, 0.5) is 4.39 Å². The number of methoxy groups -OCH3 is 1. The van der Waals surface area contributed by atoms with Crippen LogP contribution in [-0.2, 0) is 0 Å². The molecule has 0 spiro atoms. The van der Waals surface area contributed by atoms with E-state index < -0.39 is 0 Å². The number of benzene rings is 1. The normalized spacial score (nSPS) is 12.4. The first-order chi connectivity index (χ1) is 10.1. The standard InChI is InChI=1S/C16H19ClFNOS/c1-4-7-19-15(16-14(17)10(2)9-21-16)11-5-6-13(20-3)12(18)8-11/h5-6,8-9,15,19H,4,7H2,1-3H3. The Labute approximate surface area is 133 Å². The van der Waals surface area contributed by atoms with Crippen molar-refractivity contribution in [1.29, 1.82) is 0 Å². The Kier molecular flexibility index (Phi) is 5.62. The van der Waals surface area contributed by atoms with Crippen LogP contribution >= 0.6 is 22.9 Å². The molecule has 2 aromatic rings. The molecular weight excluding hydrogens is 309 g/mol. The van der Waals surface area contributed by atoms with Crippen molar-refractivity contribution in [2.45, 2.75) is 26.3 Å². The van der Waals surface area contributed by atoms with Gasteiger partial charge in [0, 0.05) is 4.88 Å². The van der Waals surface area contributed by atoms with Crippen LogP contribution in [0.5, 0.6) is 5.75 Å². The topological polar surface area (TPSA) is 21.3 Å². The second kappa shape index (κ2) is 7.25. The molecule has 1 aromatic heterocycles. The van der Waals surface area contributed by atoms with E-state index in [1.807, 2.05) is 18.4 Å². The van der Waals surface area contributed by atoms with Gasteiger partial charge in [-0.3, -0.25) is 0 Å². The highest BCUT2D eigenvalue weighted by Gasteiger charge is 2.20. The predicted molar refractivity (Wildman–Crippen MR) is 87.2 cm³/mol. The van der Waals surface area contributed by atoms with Crippen molar-refractivity contribution < 1.29 is 9.13 Å². The third-order valence-corrected chi connectivity index (χ3v) is 5.07. The van der Waals surface area contributed by atoms with Crippen molar-refractivity contribution in [3.8, 4) is 5.75 Å². The predicted octanol–water partition coefficient (Wildman–Crippen LogP) is 4.95. The Balaban J connectivity index is 2.40. The van der Waals surface area contributed by atoms with Crippen molar-refractivity contribution >= 4 is 22.9 Å². The van der Waals surface area contributed by atoms with E-state index in [0.29, 0.717) is 0 Å². The average Bonchev–Trinajstić information content (AvgIpc) is 2.80. The molecule has 0 aliphatic rings. The van der Waals surface area contributed by atoms with Crippen LogP contribution in [0.3, 0.4) is 0 Å². The molecule has 114 valence electrons. The van der Waals surface area contributed by atoms with Crippen LogP contribution in [0, 0.1) is 12.7 Å². The summed E-state index contributed by atoms with van der Waals surface area (Å²) < 4.78 is 18.9. The Hall–Kier alpha value is -1.10. The molecule has 1 aromatic carbocycles. The van der Waals surface area contributed by atoms with E-state index in [9.17, 15) is 4.39 Å². The third kappa shape index (κ3) is 3.57. The first kappa shape index (κ1) is 16.3. The van der Waals surface area contributed by atoms with E-state index in [2.05, 4.69) is 12.2 Å². The molecule has 0 saturated carbocycles. The molecule has 0 aliphatic carbocycles. The lowest BCUT2D eigenvalue weighted by Crippen LogP contribution is -2.22. The maximum absolute atomic E-state index is 14.0. The highest BCUT2D eigenvalue weighted by molar-refractivity contribution is 7.10. The third-order valence-electron chi connectivity index (χ3n) is 3.30. The summed E-state index contributed by atoms with van der Waals surface area (Å²) in [6.45, 7) is 4.92. The number of ether oxygens (including phenoxy) is 1. The number of thiophene rings is 1. The van der Waals surface area contributed by atoms with E-state index in [1.165, 1.54) is 13.2 Å². The molecule has 21 heavy (non-hydrogen) atoms. The Morgan fingerprint density at radius 2 is 2.19 bits per heavy atom. The van der Waals surface area contributed by atoms with E-state index in [4.69, 9.17) is 16.3 Å². The number of hydrogen-bond acceptors (Lipinski definition) is 3. The zero-order chi connectivity index (χ0) is 15.4. The maximum atomic E-state index is 14.0.